The van der Waals surface area contributed by atoms with Crippen molar-refractivity contribution >= 4 is 23.6 Å². The Morgan fingerprint density at radius 2 is 2.07 bits per heavy atom. The van der Waals surface area contributed by atoms with Gasteiger partial charge in [0.1, 0.15) is 18.3 Å². The van der Waals surface area contributed by atoms with Crippen LogP contribution in [0.1, 0.15) is 42.7 Å². The lowest BCUT2D eigenvalue weighted by atomic mass is 10.1. The molecule has 1 aromatic heterocycles. The number of oxime groups is 1. The monoisotopic (exact) mass is 421 g/mol. The SMILES string of the molecule is CCOC(=O)COC1CCN(C(=O)[C@H](C)NC(=O)c2ccc(/C(N)=N/O)cn2)CC1. The van der Waals surface area contributed by atoms with Crippen LogP contribution in [0, 0.1) is 0 Å². The molecule has 0 unspecified atom stereocenters. The van der Waals surface area contributed by atoms with Crippen molar-refractivity contribution in [2.24, 2.45) is 10.9 Å². The highest BCUT2D eigenvalue weighted by atomic mass is 16.6. The van der Waals surface area contributed by atoms with Gasteiger partial charge in [-0.25, -0.2) is 4.79 Å². The van der Waals surface area contributed by atoms with E-state index in [1.807, 2.05) is 0 Å². The summed E-state index contributed by atoms with van der Waals surface area (Å²) in [4.78, 5) is 41.9. The van der Waals surface area contributed by atoms with Crippen molar-refractivity contribution in [3.8, 4) is 0 Å². The molecule has 1 atom stereocenters. The van der Waals surface area contributed by atoms with Crippen LogP contribution in [-0.2, 0) is 19.1 Å². The molecule has 1 saturated heterocycles. The van der Waals surface area contributed by atoms with Crippen LogP contribution in [0.3, 0.4) is 0 Å². The summed E-state index contributed by atoms with van der Waals surface area (Å²) in [6.45, 7) is 4.49. The van der Waals surface area contributed by atoms with E-state index in [0.717, 1.165) is 0 Å². The maximum absolute atomic E-state index is 12.6. The van der Waals surface area contributed by atoms with Crippen LogP contribution >= 0.6 is 0 Å². The first-order chi connectivity index (χ1) is 14.3. The van der Waals surface area contributed by atoms with Crippen molar-refractivity contribution in [1.29, 1.82) is 0 Å². The van der Waals surface area contributed by atoms with E-state index < -0.39 is 17.9 Å². The van der Waals surface area contributed by atoms with Crippen molar-refractivity contribution in [2.45, 2.75) is 38.8 Å². The minimum atomic E-state index is -0.736. The molecule has 0 saturated carbocycles. The van der Waals surface area contributed by atoms with Crippen LogP contribution in [-0.4, -0.2) is 77.2 Å². The summed E-state index contributed by atoms with van der Waals surface area (Å²) < 4.78 is 10.3. The molecule has 30 heavy (non-hydrogen) atoms. The number of nitrogens with one attached hydrogen (secondary N) is 1. The molecular weight excluding hydrogens is 394 g/mol. The van der Waals surface area contributed by atoms with Gasteiger partial charge in [-0.2, -0.15) is 0 Å². The van der Waals surface area contributed by atoms with Gasteiger partial charge in [-0.05, 0) is 38.8 Å². The number of aromatic nitrogens is 1. The molecule has 11 heteroatoms. The smallest absolute Gasteiger partial charge is 0.332 e. The maximum atomic E-state index is 12.6. The number of likely N-dealkylation sites (tertiary alicyclic amines) is 1. The summed E-state index contributed by atoms with van der Waals surface area (Å²) >= 11 is 0. The molecule has 2 rings (SSSR count). The number of pyridine rings is 1. The predicted molar refractivity (Wildman–Crippen MR) is 106 cm³/mol. The lowest BCUT2D eigenvalue weighted by Crippen LogP contribution is -2.50. The molecular formula is C19H27N5O6. The number of hydrogen-bond acceptors (Lipinski definition) is 8. The molecule has 0 bridgehead atoms. The lowest BCUT2D eigenvalue weighted by molar-refractivity contribution is -0.152. The van der Waals surface area contributed by atoms with Crippen LogP contribution in [0.25, 0.3) is 0 Å². The van der Waals surface area contributed by atoms with Crippen molar-refractivity contribution in [3.63, 3.8) is 0 Å². The Bertz CT molecular complexity index is 774. The number of carbonyl (C=O) groups is 3. The van der Waals surface area contributed by atoms with E-state index >= 15 is 0 Å². The molecule has 0 aliphatic carbocycles. The van der Waals surface area contributed by atoms with Gasteiger partial charge >= 0.3 is 5.97 Å². The third-order valence-electron chi connectivity index (χ3n) is 4.61. The van der Waals surface area contributed by atoms with Crippen LogP contribution in [0.2, 0.25) is 0 Å². The highest BCUT2D eigenvalue weighted by Gasteiger charge is 2.28. The quantitative estimate of drug-likeness (QED) is 0.172. The Morgan fingerprint density at radius 1 is 1.37 bits per heavy atom. The van der Waals surface area contributed by atoms with E-state index in [9.17, 15) is 14.4 Å². The van der Waals surface area contributed by atoms with E-state index in [1.165, 1.54) is 18.3 Å². The first kappa shape index (κ1) is 23.1. The number of ether oxygens (including phenoxy) is 2. The number of hydrogen-bond donors (Lipinski definition) is 3. The summed E-state index contributed by atoms with van der Waals surface area (Å²) in [6.07, 6.45) is 2.39. The van der Waals surface area contributed by atoms with Gasteiger partial charge in [0.25, 0.3) is 5.91 Å². The van der Waals surface area contributed by atoms with Gasteiger partial charge in [0.05, 0.1) is 12.7 Å². The number of carbonyl (C=O) groups excluding carboxylic acids is 3. The van der Waals surface area contributed by atoms with E-state index in [0.29, 0.717) is 38.1 Å². The van der Waals surface area contributed by atoms with Gasteiger partial charge in [-0.1, -0.05) is 5.16 Å². The van der Waals surface area contributed by atoms with Crippen LogP contribution in [0.15, 0.2) is 23.5 Å². The summed E-state index contributed by atoms with van der Waals surface area (Å²) in [7, 11) is 0. The fourth-order valence-electron chi connectivity index (χ4n) is 2.98. The fourth-order valence-corrected chi connectivity index (χ4v) is 2.98. The molecule has 0 radical (unpaired) electrons. The van der Waals surface area contributed by atoms with Gasteiger partial charge in [0.15, 0.2) is 5.84 Å². The number of nitrogens with two attached hydrogens (primary N) is 1. The molecule has 1 aliphatic heterocycles. The number of amides is 2. The summed E-state index contributed by atoms with van der Waals surface area (Å²) in [5.74, 6) is -1.23. The van der Waals surface area contributed by atoms with Crippen LogP contribution < -0.4 is 11.1 Å². The van der Waals surface area contributed by atoms with E-state index in [2.05, 4.69) is 15.5 Å². The van der Waals surface area contributed by atoms with Gasteiger partial charge in [-0.15, -0.1) is 0 Å². The molecule has 2 amide bonds. The van der Waals surface area contributed by atoms with E-state index in [1.54, 1.807) is 18.7 Å². The number of rotatable bonds is 8. The van der Waals surface area contributed by atoms with Crippen LogP contribution in [0.5, 0.6) is 0 Å². The zero-order valence-corrected chi connectivity index (χ0v) is 17.0. The molecule has 1 aromatic rings. The maximum Gasteiger partial charge on any atom is 0.332 e. The van der Waals surface area contributed by atoms with Crippen LogP contribution in [0.4, 0.5) is 0 Å². The summed E-state index contributed by atoms with van der Waals surface area (Å²) in [5, 5.41) is 14.1. The molecule has 1 aliphatic rings. The number of amidine groups is 1. The van der Waals surface area contributed by atoms with Gasteiger partial charge in [-0.3, -0.25) is 14.6 Å². The topological polar surface area (TPSA) is 156 Å². The number of nitrogens with zero attached hydrogens (tertiary/aromatic N) is 3. The molecule has 164 valence electrons. The fraction of sp³-hybridized carbons (Fsp3) is 0.526. The van der Waals surface area contributed by atoms with E-state index in [4.69, 9.17) is 20.4 Å². The van der Waals surface area contributed by atoms with E-state index in [-0.39, 0.29) is 30.1 Å². The first-order valence-electron chi connectivity index (χ1n) is 9.66. The third-order valence-corrected chi connectivity index (χ3v) is 4.61. The Kier molecular flexibility index (Phi) is 8.54. The molecule has 1 fully saturated rings. The van der Waals surface area contributed by atoms with Crippen molar-refractivity contribution in [2.75, 3.05) is 26.3 Å². The predicted octanol–water partition coefficient (Wildman–Crippen LogP) is -0.135. The second-order valence-corrected chi connectivity index (χ2v) is 6.75. The minimum Gasteiger partial charge on any atom is -0.464 e. The normalized spacial score (nSPS) is 16.1. The second kappa shape index (κ2) is 11.1. The standard InChI is InChI=1S/C19H27N5O6/c1-3-29-16(25)11-30-14-6-8-24(9-7-14)19(27)12(2)22-18(26)15-5-4-13(10-21-15)17(20)23-28/h4-5,10,12,14,28H,3,6-9,11H2,1-2H3,(H2,20,23)(H,22,26)/t12-/m0/s1. The van der Waals surface area contributed by atoms with Crippen molar-refractivity contribution in [3.05, 3.63) is 29.6 Å². The Hall–Kier alpha value is -3.21. The molecule has 0 aromatic carbocycles. The first-order valence-corrected chi connectivity index (χ1v) is 9.66. The molecule has 0 spiro atoms. The highest BCUT2D eigenvalue weighted by molar-refractivity contribution is 5.99. The summed E-state index contributed by atoms with van der Waals surface area (Å²) in [6, 6.07) is 2.18. The number of piperidine rings is 1. The lowest BCUT2D eigenvalue weighted by Gasteiger charge is -2.33. The Balaban J connectivity index is 1.80. The minimum absolute atomic E-state index is 0.0967. The summed E-state index contributed by atoms with van der Waals surface area (Å²) in [5.41, 5.74) is 5.93. The Labute approximate surface area is 174 Å². The van der Waals surface area contributed by atoms with Crippen molar-refractivity contribution < 1.29 is 29.1 Å². The Morgan fingerprint density at radius 3 is 2.63 bits per heavy atom. The average molecular weight is 421 g/mol. The third kappa shape index (κ3) is 6.41. The highest BCUT2D eigenvalue weighted by Crippen LogP contribution is 2.15. The zero-order valence-electron chi connectivity index (χ0n) is 17.0. The zero-order chi connectivity index (χ0) is 22.1. The molecule has 11 nitrogen and oxygen atoms in total. The molecule has 2 heterocycles. The second-order valence-electron chi connectivity index (χ2n) is 6.75. The molecule has 4 N–H and O–H groups in total. The largest absolute Gasteiger partial charge is 0.464 e. The number of esters is 1. The van der Waals surface area contributed by atoms with Gasteiger partial charge < -0.3 is 30.6 Å². The van der Waals surface area contributed by atoms with Gasteiger partial charge in [0.2, 0.25) is 5.91 Å². The average Bonchev–Trinajstić information content (AvgIpc) is 2.77. The van der Waals surface area contributed by atoms with Crippen molar-refractivity contribution in [1.82, 2.24) is 15.2 Å². The van der Waals surface area contributed by atoms with Gasteiger partial charge in [0, 0.05) is 24.8 Å².